The molecule has 0 aromatic heterocycles. The van der Waals surface area contributed by atoms with E-state index >= 15 is 0 Å². The molecule has 2 N–H and O–H groups in total. The van der Waals surface area contributed by atoms with Crippen molar-refractivity contribution in [3.05, 3.63) is 29.8 Å². The lowest BCUT2D eigenvalue weighted by molar-refractivity contribution is -0.689. The molecule has 0 aliphatic heterocycles. The van der Waals surface area contributed by atoms with Crippen LogP contribution in [0.3, 0.4) is 0 Å². The van der Waals surface area contributed by atoms with Crippen LogP contribution in [0.15, 0.2) is 24.3 Å². The van der Waals surface area contributed by atoms with E-state index in [0.717, 1.165) is 36.3 Å². The van der Waals surface area contributed by atoms with Gasteiger partial charge in [0, 0.05) is 0 Å². The molecule has 2 rings (SSSR count). The van der Waals surface area contributed by atoms with Crippen LogP contribution >= 0.6 is 0 Å². The summed E-state index contributed by atoms with van der Waals surface area (Å²) in [4.78, 5) is 0. The molecule has 1 aromatic carbocycles. The largest absolute Gasteiger partial charge is 0.493 e. The molecule has 0 atom stereocenters. The smallest absolute Gasteiger partial charge is 0.161 e. The molecule has 1 aromatic rings. The minimum Gasteiger partial charge on any atom is -0.493 e. The number of benzene rings is 1. The quantitative estimate of drug-likeness (QED) is 0.674. The predicted molar refractivity (Wildman–Crippen MR) is 93.1 cm³/mol. The Kier molecular flexibility index (Phi) is 7.98. The van der Waals surface area contributed by atoms with Crippen LogP contribution in [-0.2, 0) is 4.74 Å². The van der Waals surface area contributed by atoms with Crippen molar-refractivity contribution in [2.45, 2.75) is 38.6 Å². The van der Waals surface area contributed by atoms with Crippen molar-refractivity contribution in [3.8, 4) is 11.5 Å². The zero-order chi connectivity index (χ0) is 16.3. The second-order valence-corrected chi connectivity index (χ2v) is 5.94. The predicted octanol–water partition coefficient (Wildman–Crippen LogP) is 2.63. The maximum atomic E-state index is 5.76. The monoisotopic (exact) mass is 320 g/mol. The molecule has 0 spiro atoms. The van der Waals surface area contributed by atoms with Crippen LogP contribution in [0.25, 0.3) is 6.08 Å². The molecular weight excluding hydrogens is 290 g/mol. The Morgan fingerprint density at radius 3 is 2.70 bits per heavy atom. The van der Waals surface area contributed by atoms with Crippen LogP contribution in [0, 0.1) is 0 Å². The number of methoxy groups -OCH3 is 1. The fourth-order valence-corrected chi connectivity index (χ4v) is 2.99. The van der Waals surface area contributed by atoms with E-state index in [0.29, 0.717) is 13.2 Å². The molecule has 23 heavy (non-hydrogen) atoms. The molecule has 4 nitrogen and oxygen atoms in total. The zero-order valence-corrected chi connectivity index (χ0v) is 14.4. The molecule has 0 saturated heterocycles. The van der Waals surface area contributed by atoms with Crippen LogP contribution in [0.5, 0.6) is 11.5 Å². The summed E-state index contributed by atoms with van der Waals surface area (Å²) in [7, 11) is 1.66. The normalized spacial score (nSPS) is 15.4. The first kappa shape index (κ1) is 17.8. The van der Waals surface area contributed by atoms with Gasteiger partial charge in [-0.2, -0.15) is 0 Å². The first-order chi connectivity index (χ1) is 11.3. The van der Waals surface area contributed by atoms with E-state index in [9.17, 15) is 0 Å². The Bertz CT molecular complexity index is 482. The molecule has 1 aliphatic carbocycles. The van der Waals surface area contributed by atoms with Gasteiger partial charge in [-0.1, -0.05) is 18.2 Å². The second kappa shape index (κ2) is 10.3. The minimum atomic E-state index is 0.544. The molecule has 1 saturated carbocycles. The van der Waals surface area contributed by atoms with Crippen LogP contribution in [-0.4, -0.2) is 39.5 Å². The number of hydrogen-bond donors (Lipinski definition) is 1. The fourth-order valence-electron chi connectivity index (χ4n) is 2.99. The van der Waals surface area contributed by atoms with Gasteiger partial charge in [-0.15, -0.1) is 0 Å². The van der Waals surface area contributed by atoms with E-state index in [1.807, 2.05) is 37.3 Å². The maximum Gasteiger partial charge on any atom is 0.161 e. The van der Waals surface area contributed by atoms with Crippen molar-refractivity contribution in [2.24, 2.45) is 0 Å². The van der Waals surface area contributed by atoms with Gasteiger partial charge in [0.25, 0.3) is 0 Å². The third-order valence-corrected chi connectivity index (χ3v) is 4.19. The second-order valence-electron chi connectivity index (χ2n) is 5.94. The zero-order valence-electron chi connectivity index (χ0n) is 14.4. The van der Waals surface area contributed by atoms with Gasteiger partial charge in [0.15, 0.2) is 11.5 Å². The summed E-state index contributed by atoms with van der Waals surface area (Å²) in [5, 5.41) is 2.43. The maximum absolute atomic E-state index is 5.76. The number of quaternary nitrogens is 1. The average molecular weight is 320 g/mol. The van der Waals surface area contributed by atoms with Gasteiger partial charge in [0.2, 0.25) is 0 Å². The van der Waals surface area contributed by atoms with Crippen LogP contribution in [0.2, 0.25) is 0 Å². The Morgan fingerprint density at radius 1 is 1.13 bits per heavy atom. The summed E-state index contributed by atoms with van der Waals surface area (Å²) in [6.45, 7) is 4.99. The van der Waals surface area contributed by atoms with Crippen LogP contribution in [0.1, 0.15) is 38.2 Å². The van der Waals surface area contributed by atoms with Gasteiger partial charge in [0.1, 0.15) is 6.61 Å². The van der Waals surface area contributed by atoms with Crippen molar-refractivity contribution >= 4 is 6.08 Å². The van der Waals surface area contributed by atoms with Gasteiger partial charge in [-0.25, -0.2) is 0 Å². The number of hydrogen-bond acceptors (Lipinski definition) is 3. The van der Waals surface area contributed by atoms with Gasteiger partial charge in [-0.3, -0.25) is 0 Å². The van der Waals surface area contributed by atoms with Gasteiger partial charge >= 0.3 is 0 Å². The third-order valence-electron chi connectivity index (χ3n) is 4.19. The van der Waals surface area contributed by atoms with Crippen molar-refractivity contribution in [2.75, 3.05) is 33.5 Å². The third kappa shape index (κ3) is 6.24. The summed E-state index contributed by atoms with van der Waals surface area (Å²) in [5.74, 6) is 1.53. The van der Waals surface area contributed by atoms with E-state index < -0.39 is 0 Å². The first-order valence-electron chi connectivity index (χ1n) is 8.68. The number of nitrogens with two attached hydrogens (primary N) is 1. The molecule has 0 unspecified atom stereocenters. The van der Waals surface area contributed by atoms with Crippen molar-refractivity contribution in [3.63, 3.8) is 0 Å². The molecule has 4 heteroatoms. The van der Waals surface area contributed by atoms with Gasteiger partial charge in [-0.05, 0) is 50.3 Å². The molecule has 0 bridgehead atoms. The topological polar surface area (TPSA) is 44.3 Å². The Balaban J connectivity index is 1.61. The first-order valence-corrected chi connectivity index (χ1v) is 8.68. The van der Waals surface area contributed by atoms with Crippen molar-refractivity contribution in [1.82, 2.24) is 0 Å². The van der Waals surface area contributed by atoms with Crippen molar-refractivity contribution in [1.29, 1.82) is 0 Å². The number of ether oxygens (including phenoxy) is 3. The lowest BCUT2D eigenvalue weighted by Crippen LogP contribution is -2.90. The molecule has 1 aliphatic rings. The van der Waals surface area contributed by atoms with Crippen molar-refractivity contribution < 1.29 is 19.5 Å². The molecule has 128 valence electrons. The lowest BCUT2D eigenvalue weighted by Gasteiger charge is -2.12. The number of allylic oxidation sites excluding steroid dienone is 1. The fraction of sp³-hybridized carbons (Fsp3) is 0.579. The minimum absolute atomic E-state index is 0.544. The molecule has 0 heterocycles. The molecular formula is C19H30NO3+. The lowest BCUT2D eigenvalue weighted by atomic mass is 10.2. The summed E-state index contributed by atoms with van der Waals surface area (Å²) in [6, 6.07) is 6.78. The Labute approximate surface area is 139 Å². The highest BCUT2D eigenvalue weighted by Crippen LogP contribution is 2.28. The Morgan fingerprint density at radius 2 is 1.96 bits per heavy atom. The Hall–Kier alpha value is -1.52. The summed E-state index contributed by atoms with van der Waals surface area (Å²) < 4.78 is 16.8. The van der Waals surface area contributed by atoms with E-state index in [4.69, 9.17) is 14.2 Å². The summed E-state index contributed by atoms with van der Waals surface area (Å²) >= 11 is 0. The average Bonchev–Trinajstić information content (AvgIpc) is 3.08. The highest BCUT2D eigenvalue weighted by atomic mass is 16.5. The molecule has 1 fully saturated rings. The molecule has 0 radical (unpaired) electrons. The van der Waals surface area contributed by atoms with Crippen LogP contribution in [0.4, 0.5) is 0 Å². The molecule has 0 amide bonds. The van der Waals surface area contributed by atoms with E-state index in [2.05, 4.69) is 5.32 Å². The summed E-state index contributed by atoms with van der Waals surface area (Å²) in [5.41, 5.74) is 1.11. The highest BCUT2D eigenvalue weighted by molar-refractivity contribution is 5.55. The van der Waals surface area contributed by atoms with Crippen LogP contribution < -0.4 is 14.8 Å². The number of rotatable bonds is 10. The summed E-state index contributed by atoms with van der Waals surface area (Å²) in [6.07, 6.45) is 9.56. The SMILES string of the molecule is C/C=C/c1ccc(OCCOCC[NH2+]C2CCCC2)c(OC)c1. The van der Waals surface area contributed by atoms with Gasteiger partial charge < -0.3 is 19.5 Å². The van der Waals surface area contributed by atoms with Gasteiger partial charge in [0.05, 0.1) is 32.9 Å². The van der Waals surface area contributed by atoms with E-state index in [1.165, 1.54) is 25.7 Å². The van der Waals surface area contributed by atoms with E-state index in [1.54, 1.807) is 7.11 Å². The standard InChI is InChI=1S/C19H29NO3/c1-3-6-16-9-10-18(19(15-16)21-2)23-14-13-22-12-11-20-17-7-4-5-8-17/h3,6,9-10,15,17,20H,4-5,7-8,11-14H2,1-2H3/p+1/b6-3+. The highest BCUT2D eigenvalue weighted by Gasteiger charge is 2.16. The van der Waals surface area contributed by atoms with E-state index in [-0.39, 0.29) is 0 Å².